The smallest absolute Gasteiger partial charge is 0.315 e. The molecule has 0 saturated carbocycles. The first-order valence-electron chi connectivity index (χ1n) is 6.41. The Morgan fingerprint density at radius 1 is 1.28 bits per heavy atom. The summed E-state index contributed by atoms with van der Waals surface area (Å²) in [4.78, 5) is 11.4. The molecule has 0 aliphatic heterocycles. The van der Waals surface area contributed by atoms with Gasteiger partial charge in [-0.25, -0.2) is 4.79 Å². The summed E-state index contributed by atoms with van der Waals surface area (Å²) >= 11 is 0. The summed E-state index contributed by atoms with van der Waals surface area (Å²) in [5, 5.41) is 5.60. The van der Waals surface area contributed by atoms with Gasteiger partial charge in [0.05, 0.1) is 6.61 Å². The predicted molar refractivity (Wildman–Crippen MR) is 72.9 cm³/mol. The predicted octanol–water partition coefficient (Wildman–Crippen LogP) is 2.60. The second-order valence-corrected chi connectivity index (χ2v) is 4.14. The number of urea groups is 1. The van der Waals surface area contributed by atoms with Gasteiger partial charge in [-0.2, -0.15) is 0 Å². The Labute approximate surface area is 109 Å². The first-order chi connectivity index (χ1) is 8.67. The van der Waals surface area contributed by atoms with Crippen LogP contribution >= 0.6 is 0 Å². The van der Waals surface area contributed by atoms with Gasteiger partial charge in [0, 0.05) is 13.1 Å². The summed E-state index contributed by atoms with van der Waals surface area (Å²) in [5.41, 5.74) is 2.16. The van der Waals surface area contributed by atoms with Crippen LogP contribution in [0.15, 0.2) is 18.2 Å². The van der Waals surface area contributed by atoms with Gasteiger partial charge in [0.1, 0.15) is 5.75 Å². The van der Waals surface area contributed by atoms with Crippen molar-refractivity contribution in [2.24, 2.45) is 0 Å². The number of rotatable bonds is 6. The molecule has 0 heterocycles. The van der Waals surface area contributed by atoms with Gasteiger partial charge >= 0.3 is 6.03 Å². The van der Waals surface area contributed by atoms with Crippen LogP contribution in [0.2, 0.25) is 0 Å². The van der Waals surface area contributed by atoms with Crippen molar-refractivity contribution < 1.29 is 9.53 Å². The summed E-state index contributed by atoms with van der Waals surface area (Å²) in [6.07, 6.45) is 0.940. The zero-order valence-electron chi connectivity index (χ0n) is 11.4. The van der Waals surface area contributed by atoms with Crippen LogP contribution in [-0.2, 0) is 6.54 Å². The molecule has 0 spiro atoms. The van der Waals surface area contributed by atoms with E-state index in [4.69, 9.17) is 4.74 Å². The van der Waals surface area contributed by atoms with E-state index < -0.39 is 0 Å². The molecule has 0 aliphatic rings. The normalized spacial score (nSPS) is 9.94. The molecule has 0 unspecified atom stereocenters. The summed E-state index contributed by atoms with van der Waals surface area (Å²) in [5.74, 6) is 0.900. The molecular formula is C14H22N2O2. The van der Waals surface area contributed by atoms with E-state index in [0.717, 1.165) is 23.3 Å². The highest BCUT2D eigenvalue weighted by Crippen LogP contribution is 2.18. The molecule has 100 valence electrons. The van der Waals surface area contributed by atoms with Crippen molar-refractivity contribution in [3.63, 3.8) is 0 Å². The number of ether oxygens (including phenoxy) is 1. The molecular weight excluding hydrogens is 228 g/mol. The van der Waals surface area contributed by atoms with Gasteiger partial charge in [-0.05, 0) is 37.5 Å². The number of hydrogen-bond donors (Lipinski definition) is 2. The minimum atomic E-state index is -0.122. The van der Waals surface area contributed by atoms with Gasteiger partial charge in [-0.15, -0.1) is 0 Å². The Hall–Kier alpha value is -1.71. The van der Waals surface area contributed by atoms with E-state index in [9.17, 15) is 4.79 Å². The monoisotopic (exact) mass is 250 g/mol. The lowest BCUT2D eigenvalue weighted by Gasteiger charge is -2.10. The lowest BCUT2D eigenvalue weighted by atomic mass is 10.1. The van der Waals surface area contributed by atoms with E-state index >= 15 is 0 Å². The van der Waals surface area contributed by atoms with Crippen LogP contribution in [0, 0.1) is 6.92 Å². The highest BCUT2D eigenvalue weighted by atomic mass is 16.5. The highest BCUT2D eigenvalue weighted by Gasteiger charge is 2.02. The third-order valence-electron chi connectivity index (χ3n) is 2.53. The quantitative estimate of drug-likeness (QED) is 0.815. The standard InChI is InChI=1S/C14H22N2O2/c1-4-8-15-14(17)16-10-12-6-7-13(18-5-2)11(3)9-12/h6-7,9H,4-5,8,10H2,1-3H3,(H2,15,16,17). The maximum atomic E-state index is 11.4. The van der Waals surface area contributed by atoms with Gasteiger partial charge in [0.25, 0.3) is 0 Å². The number of nitrogens with one attached hydrogen (secondary N) is 2. The van der Waals surface area contributed by atoms with Crippen molar-refractivity contribution in [2.45, 2.75) is 33.7 Å². The molecule has 1 aromatic rings. The van der Waals surface area contributed by atoms with Crippen LogP contribution < -0.4 is 15.4 Å². The Morgan fingerprint density at radius 2 is 2.06 bits per heavy atom. The number of benzene rings is 1. The maximum absolute atomic E-state index is 11.4. The van der Waals surface area contributed by atoms with Gasteiger partial charge in [0.2, 0.25) is 0 Å². The van der Waals surface area contributed by atoms with Gasteiger partial charge in [-0.3, -0.25) is 0 Å². The Bertz CT molecular complexity index is 391. The van der Waals surface area contributed by atoms with Crippen molar-refractivity contribution >= 4 is 6.03 Å². The summed E-state index contributed by atoms with van der Waals surface area (Å²) in [7, 11) is 0. The van der Waals surface area contributed by atoms with E-state index in [-0.39, 0.29) is 6.03 Å². The highest BCUT2D eigenvalue weighted by molar-refractivity contribution is 5.73. The Balaban J connectivity index is 2.48. The minimum absolute atomic E-state index is 0.122. The molecule has 0 saturated heterocycles. The number of carbonyl (C=O) groups excluding carboxylic acids is 1. The van der Waals surface area contributed by atoms with E-state index in [1.165, 1.54) is 0 Å². The first-order valence-corrected chi connectivity index (χ1v) is 6.41. The molecule has 0 aliphatic carbocycles. The molecule has 18 heavy (non-hydrogen) atoms. The van der Waals surface area contributed by atoms with Gasteiger partial charge < -0.3 is 15.4 Å². The maximum Gasteiger partial charge on any atom is 0.315 e. The van der Waals surface area contributed by atoms with Crippen molar-refractivity contribution in [1.82, 2.24) is 10.6 Å². The second kappa shape index (κ2) is 7.58. The number of amides is 2. The summed E-state index contributed by atoms with van der Waals surface area (Å²) in [6.45, 7) is 7.89. The van der Waals surface area contributed by atoms with Crippen LogP contribution in [-0.4, -0.2) is 19.2 Å². The van der Waals surface area contributed by atoms with Gasteiger partial charge in [0.15, 0.2) is 0 Å². The van der Waals surface area contributed by atoms with Crippen LogP contribution in [0.5, 0.6) is 5.75 Å². The van der Waals surface area contributed by atoms with Crippen molar-refractivity contribution in [3.05, 3.63) is 29.3 Å². The lowest BCUT2D eigenvalue weighted by Crippen LogP contribution is -2.35. The molecule has 2 amide bonds. The molecule has 0 aromatic heterocycles. The van der Waals surface area contributed by atoms with Crippen molar-refractivity contribution in [3.8, 4) is 5.75 Å². The molecule has 0 radical (unpaired) electrons. The van der Waals surface area contributed by atoms with Crippen LogP contribution in [0.4, 0.5) is 4.79 Å². The summed E-state index contributed by atoms with van der Waals surface area (Å²) < 4.78 is 5.47. The minimum Gasteiger partial charge on any atom is -0.494 e. The number of aryl methyl sites for hydroxylation is 1. The van der Waals surface area contributed by atoms with Gasteiger partial charge in [-0.1, -0.05) is 19.1 Å². The fourth-order valence-electron chi connectivity index (χ4n) is 1.62. The molecule has 4 nitrogen and oxygen atoms in total. The molecule has 0 atom stereocenters. The molecule has 2 N–H and O–H groups in total. The topological polar surface area (TPSA) is 50.4 Å². The lowest BCUT2D eigenvalue weighted by molar-refractivity contribution is 0.240. The molecule has 1 aromatic carbocycles. The second-order valence-electron chi connectivity index (χ2n) is 4.14. The molecule has 0 bridgehead atoms. The van der Waals surface area contributed by atoms with Crippen molar-refractivity contribution in [2.75, 3.05) is 13.2 Å². The van der Waals surface area contributed by atoms with Crippen molar-refractivity contribution in [1.29, 1.82) is 0 Å². The fraction of sp³-hybridized carbons (Fsp3) is 0.500. The van der Waals surface area contributed by atoms with E-state index in [2.05, 4.69) is 10.6 Å². The van der Waals surface area contributed by atoms with E-state index in [0.29, 0.717) is 19.7 Å². The molecule has 4 heteroatoms. The zero-order chi connectivity index (χ0) is 13.4. The third kappa shape index (κ3) is 4.65. The van der Waals surface area contributed by atoms with Crippen LogP contribution in [0.3, 0.4) is 0 Å². The number of carbonyl (C=O) groups is 1. The zero-order valence-corrected chi connectivity index (χ0v) is 11.4. The molecule has 1 rings (SSSR count). The summed E-state index contributed by atoms with van der Waals surface area (Å²) in [6, 6.07) is 5.83. The average Bonchev–Trinajstić information content (AvgIpc) is 2.37. The van der Waals surface area contributed by atoms with E-state index in [1.54, 1.807) is 0 Å². The van der Waals surface area contributed by atoms with Crippen LogP contribution in [0.1, 0.15) is 31.4 Å². The largest absolute Gasteiger partial charge is 0.494 e. The van der Waals surface area contributed by atoms with Crippen LogP contribution in [0.25, 0.3) is 0 Å². The Morgan fingerprint density at radius 3 is 2.67 bits per heavy atom. The number of hydrogen-bond acceptors (Lipinski definition) is 2. The third-order valence-corrected chi connectivity index (χ3v) is 2.53. The molecule has 0 fully saturated rings. The van der Waals surface area contributed by atoms with E-state index in [1.807, 2.05) is 39.0 Å². The SMILES string of the molecule is CCCNC(=O)NCc1ccc(OCC)c(C)c1. The average molecular weight is 250 g/mol. The fourth-order valence-corrected chi connectivity index (χ4v) is 1.62. The Kier molecular flexibility index (Phi) is 6.05. The first kappa shape index (κ1) is 14.4.